The summed E-state index contributed by atoms with van der Waals surface area (Å²) in [5, 5.41) is 8.53. The molecule has 0 atom stereocenters. The summed E-state index contributed by atoms with van der Waals surface area (Å²) in [6, 6.07) is 0. The number of thiazole rings is 1. The quantitative estimate of drug-likeness (QED) is 0.847. The highest BCUT2D eigenvalue weighted by Gasteiger charge is 2.22. The molecule has 2 aromatic rings. The zero-order valence-corrected chi connectivity index (χ0v) is 12.0. The molecule has 0 bridgehead atoms. The van der Waals surface area contributed by atoms with E-state index in [1.54, 1.807) is 26.2 Å². The van der Waals surface area contributed by atoms with Crippen LogP contribution in [0.2, 0.25) is 0 Å². The summed E-state index contributed by atoms with van der Waals surface area (Å²) in [4.78, 5) is 12.5. The van der Waals surface area contributed by atoms with E-state index in [1.165, 1.54) is 23.0 Å². The van der Waals surface area contributed by atoms with E-state index in [9.17, 15) is 4.79 Å². The highest BCUT2D eigenvalue weighted by molar-refractivity contribution is 7.17. The molecule has 1 N–H and O–H groups in total. The van der Waals surface area contributed by atoms with Crippen LogP contribution >= 0.6 is 11.3 Å². The van der Waals surface area contributed by atoms with Crippen molar-refractivity contribution in [1.82, 2.24) is 9.61 Å². The SMILES string of the molecule is [B]c1csc2c(NC(=O)OC(C)(C)C)c(OC)nn12. The van der Waals surface area contributed by atoms with Gasteiger partial charge in [-0.25, -0.2) is 9.31 Å². The number of nitrogens with one attached hydrogen (secondary N) is 1. The minimum atomic E-state index is -0.571. The fourth-order valence-electron chi connectivity index (χ4n) is 1.49. The second-order valence-corrected chi connectivity index (χ2v) is 5.75. The number of ether oxygens (including phenoxy) is 2. The van der Waals surface area contributed by atoms with E-state index < -0.39 is 11.7 Å². The molecule has 0 aliphatic carbocycles. The molecule has 0 spiro atoms. The maximum absolute atomic E-state index is 11.8. The molecule has 2 heterocycles. The lowest BCUT2D eigenvalue weighted by molar-refractivity contribution is 0.0635. The maximum atomic E-state index is 11.8. The van der Waals surface area contributed by atoms with E-state index in [0.717, 1.165) is 0 Å². The van der Waals surface area contributed by atoms with Crippen molar-refractivity contribution >= 4 is 41.4 Å². The Labute approximate surface area is 116 Å². The number of rotatable bonds is 2. The van der Waals surface area contributed by atoms with Crippen molar-refractivity contribution in [2.45, 2.75) is 26.4 Å². The largest absolute Gasteiger partial charge is 0.478 e. The van der Waals surface area contributed by atoms with Crippen LogP contribution in [-0.2, 0) is 4.74 Å². The van der Waals surface area contributed by atoms with Crippen LogP contribution in [-0.4, -0.2) is 36.3 Å². The summed E-state index contributed by atoms with van der Waals surface area (Å²) >= 11 is 1.36. The average molecular weight is 279 g/mol. The molecule has 1 amide bonds. The third kappa shape index (κ3) is 2.84. The van der Waals surface area contributed by atoms with E-state index in [0.29, 0.717) is 22.0 Å². The molecule has 0 saturated heterocycles. The highest BCUT2D eigenvalue weighted by Crippen LogP contribution is 2.31. The number of nitrogens with zero attached hydrogens (tertiary/aromatic N) is 2. The predicted octanol–water partition coefficient (Wildman–Crippen LogP) is 1.55. The minimum absolute atomic E-state index is 0.296. The number of aromatic nitrogens is 2. The molecular formula is C11H14BN3O3S. The Kier molecular flexibility index (Phi) is 3.44. The van der Waals surface area contributed by atoms with E-state index >= 15 is 0 Å². The van der Waals surface area contributed by atoms with Gasteiger partial charge in [0.05, 0.1) is 7.11 Å². The van der Waals surface area contributed by atoms with E-state index in [1.807, 2.05) is 0 Å². The first-order valence-electron chi connectivity index (χ1n) is 5.61. The van der Waals surface area contributed by atoms with Gasteiger partial charge >= 0.3 is 6.09 Å². The van der Waals surface area contributed by atoms with Crippen molar-refractivity contribution in [3.05, 3.63) is 5.38 Å². The number of fused-ring (bicyclic) bond motifs is 1. The van der Waals surface area contributed by atoms with Gasteiger partial charge < -0.3 is 9.47 Å². The summed E-state index contributed by atoms with van der Waals surface area (Å²) in [6.07, 6.45) is -0.562. The number of carbonyl (C=O) groups is 1. The fraction of sp³-hybridized carbons (Fsp3) is 0.455. The van der Waals surface area contributed by atoms with Gasteiger partial charge in [-0.2, -0.15) is 0 Å². The van der Waals surface area contributed by atoms with Crippen molar-refractivity contribution < 1.29 is 14.3 Å². The Morgan fingerprint density at radius 1 is 1.53 bits per heavy atom. The van der Waals surface area contributed by atoms with Crippen molar-refractivity contribution in [3.63, 3.8) is 0 Å². The number of amides is 1. The van der Waals surface area contributed by atoms with Crippen molar-refractivity contribution in [1.29, 1.82) is 0 Å². The van der Waals surface area contributed by atoms with Crippen LogP contribution in [0.15, 0.2) is 5.38 Å². The average Bonchev–Trinajstić information content (AvgIpc) is 2.78. The van der Waals surface area contributed by atoms with Crippen LogP contribution in [0, 0.1) is 0 Å². The van der Waals surface area contributed by atoms with Crippen molar-refractivity contribution in [3.8, 4) is 5.88 Å². The van der Waals surface area contributed by atoms with E-state index in [4.69, 9.17) is 17.3 Å². The van der Waals surface area contributed by atoms with Gasteiger partial charge in [-0.05, 0) is 20.8 Å². The lowest BCUT2D eigenvalue weighted by atomic mass is 10.1. The number of hydrogen-bond acceptors (Lipinski definition) is 5. The summed E-state index contributed by atoms with van der Waals surface area (Å²) in [7, 11) is 7.23. The zero-order chi connectivity index (χ0) is 14.2. The Hall–Kier alpha value is -1.70. The Balaban J connectivity index is 2.31. The molecule has 19 heavy (non-hydrogen) atoms. The van der Waals surface area contributed by atoms with Gasteiger partial charge in [0.15, 0.2) is 0 Å². The summed E-state index contributed by atoms with van der Waals surface area (Å²) < 4.78 is 11.8. The zero-order valence-electron chi connectivity index (χ0n) is 11.2. The molecule has 0 saturated carbocycles. The van der Waals surface area contributed by atoms with E-state index in [-0.39, 0.29) is 0 Å². The minimum Gasteiger partial charge on any atom is -0.478 e. The van der Waals surface area contributed by atoms with Gasteiger partial charge in [-0.3, -0.25) is 5.32 Å². The third-order valence-corrected chi connectivity index (χ3v) is 3.13. The summed E-state index contributed by atoms with van der Waals surface area (Å²) in [6.45, 7) is 5.38. The van der Waals surface area contributed by atoms with Gasteiger partial charge in [-0.15, -0.1) is 16.4 Å². The topological polar surface area (TPSA) is 64.9 Å². The predicted molar refractivity (Wildman–Crippen MR) is 74.9 cm³/mol. The molecular weight excluding hydrogens is 265 g/mol. The normalized spacial score (nSPS) is 11.6. The Morgan fingerprint density at radius 2 is 2.21 bits per heavy atom. The smallest absolute Gasteiger partial charge is 0.412 e. The number of anilines is 1. The molecule has 0 fully saturated rings. The van der Waals surface area contributed by atoms with Crippen LogP contribution in [0.5, 0.6) is 5.88 Å². The number of methoxy groups -OCH3 is 1. The van der Waals surface area contributed by atoms with Gasteiger partial charge in [0.25, 0.3) is 5.88 Å². The number of hydrogen-bond donors (Lipinski definition) is 1. The van der Waals surface area contributed by atoms with Crippen LogP contribution in [0.3, 0.4) is 0 Å². The Bertz CT molecular complexity index is 614. The molecule has 0 aliphatic rings. The van der Waals surface area contributed by atoms with Crippen LogP contribution in [0.25, 0.3) is 4.83 Å². The van der Waals surface area contributed by atoms with Gasteiger partial charge in [0.1, 0.15) is 24.0 Å². The fourth-order valence-corrected chi connectivity index (χ4v) is 2.32. The summed E-state index contributed by atoms with van der Waals surface area (Å²) in [5.74, 6) is 0.296. The Morgan fingerprint density at radius 3 is 2.79 bits per heavy atom. The monoisotopic (exact) mass is 279 g/mol. The van der Waals surface area contributed by atoms with Crippen LogP contribution in [0.1, 0.15) is 20.8 Å². The lowest BCUT2D eigenvalue weighted by Crippen LogP contribution is -2.27. The van der Waals surface area contributed by atoms with Crippen molar-refractivity contribution in [2.24, 2.45) is 0 Å². The third-order valence-electron chi connectivity index (χ3n) is 2.17. The molecule has 2 radical (unpaired) electrons. The standard InChI is InChI=1S/C11H14BN3O3S/c1-11(2,3)18-10(16)13-7-8(17-4)14-15-6(12)5-19-9(7)15/h5H,1-4H3,(H,13,16). The molecule has 0 unspecified atom stereocenters. The highest BCUT2D eigenvalue weighted by atomic mass is 32.1. The molecule has 2 aromatic heterocycles. The first kappa shape index (κ1) is 13.7. The first-order chi connectivity index (χ1) is 8.81. The summed E-state index contributed by atoms with van der Waals surface area (Å²) in [5.41, 5.74) is 0.368. The number of carbonyl (C=O) groups excluding carboxylic acids is 1. The van der Waals surface area contributed by atoms with Gasteiger partial charge in [0.2, 0.25) is 0 Å². The molecule has 8 heteroatoms. The van der Waals surface area contributed by atoms with Crippen molar-refractivity contribution in [2.75, 3.05) is 12.4 Å². The second kappa shape index (κ2) is 4.77. The van der Waals surface area contributed by atoms with E-state index in [2.05, 4.69) is 10.4 Å². The lowest BCUT2D eigenvalue weighted by Gasteiger charge is -2.19. The van der Waals surface area contributed by atoms with Gasteiger partial charge in [0, 0.05) is 11.0 Å². The van der Waals surface area contributed by atoms with Gasteiger partial charge in [-0.1, -0.05) is 0 Å². The first-order valence-corrected chi connectivity index (χ1v) is 6.49. The van der Waals surface area contributed by atoms with Crippen LogP contribution < -0.4 is 15.6 Å². The maximum Gasteiger partial charge on any atom is 0.412 e. The van der Waals surface area contributed by atoms with Crippen LogP contribution in [0.4, 0.5) is 10.5 Å². The molecule has 2 rings (SSSR count). The molecule has 6 nitrogen and oxygen atoms in total. The second-order valence-electron chi connectivity index (χ2n) is 4.89. The molecule has 0 aromatic carbocycles. The molecule has 0 aliphatic heterocycles. The molecule has 100 valence electrons.